The van der Waals surface area contributed by atoms with E-state index in [-0.39, 0.29) is 11.9 Å². The van der Waals surface area contributed by atoms with Gasteiger partial charge in [0.2, 0.25) is 5.91 Å². The molecule has 0 aromatic rings. The highest BCUT2D eigenvalue weighted by atomic mass is 16.5. The van der Waals surface area contributed by atoms with E-state index >= 15 is 0 Å². The van der Waals surface area contributed by atoms with Gasteiger partial charge in [-0.3, -0.25) is 4.79 Å². The molecule has 0 aromatic heterocycles. The molecule has 16 heavy (non-hydrogen) atoms. The lowest BCUT2D eigenvalue weighted by Crippen LogP contribution is -2.41. The van der Waals surface area contributed by atoms with Gasteiger partial charge < -0.3 is 21.1 Å². The number of amides is 1. The van der Waals surface area contributed by atoms with Crippen LogP contribution in [0.1, 0.15) is 13.3 Å². The molecule has 0 rings (SSSR count). The van der Waals surface area contributed by atoms with E-state index < -0.39 is 0 Å². The quantitative estimate of drug-likeness (QED) is 0.372. The van der Waals surface area contributed by atoms with Crippen LogP contribution in [-0.2, 0) is 9.53 Å². The maximum absolute atomic E-state index is 11.1. The topological polar surface area (TPSA) is 76.4 Å². The largest absolute Gasteiger partial charge is 0.376 e. The summed E-state index contributed by atoms with van der Waals surface area (Å²) in [5.41, 5.74) is 6.54. The van der Waals surface area contributed by atoms with Crippen LogP contribution in [-0.4, -0.2) is 45.3 Å². The summed E-state index contributed by atoms with van der Waals surface area (Å²) in [4.78, 5) is 11.1. The van der Waals surface area contributed by atoms with E-state index in [0.29, 0.717) is 32.7 Å². The van der Waals surface area contributed by atoms with E-state index in [1.807, 2.05) is 6.92 Å². The summed E-state index contributed by atoms with van der Waals surface area (Å²) in [5.74, 6) is -0.00851. The lowest BCUT2D eigenvalue weighted by molar-refractivity contribution is -0.121. The first-order chi connectivity index (χ1) is 7.60. The molecule has 5 nitrogen and oxygen atoms in total. The van der Waals surface area contributed by atoms with Crippen molar-refractivity contribution in [3.8, 4) is 0 Å². The highest BCUT2D eigenvalue weighted by Gasteiger charge is 2.09. The Morgan fingerprint density at radius 2 is 2.25 bits per heavy atom. The Labute approximate surface area is 97.4 Å². The third kappa shape index (κ3) is 8.40. The van der Waals surface area contributed by atoms with E-state index in [0.717, 1.165) is 5.57 Å². The van der Waals surface area contributed by atoms with Crippen molar-refractivity contribution >= 4 is 5.91 Å². The van der Waals surface area contributed by atoms with Crippen LogP contribution >= 0.6 is 0 Å². The zero-order valence-corrected chi connectivity index (χ0v) is 10.2. The van der Waals surface area contributed by atoms with Gasteiger partial charge in [-0.25, -0.2) is 0 Å². The predicted molar refractivity (Wildman–Crippen MR) is 65.2 cm³/mol. The molecule has 0 radical (unpaired) electrons. The number of carbonyl (C=O) groups is 1. The van der Waals surface area contributed by atoms with Crippen LogP contribution in [0.3, 0.4) is 0 Å². The number of nitrogens with one attached hydrogen (secondary N) is 2. The van der Waals surface area contributed by atoms with Crippen LogP contribution in [0.15, 0.2) is 12.2 Å². The van der Waals surface area contributed by atoms with Crippen molar-refractivity contribution in [3.05, 3.63) is 12.2 Å². The Morgan fingerprint density at radius 3 is 2.75 bits per heavy atom. The molecule has 0 aliphatic carbocycles. The van der Waals surface area contributed by atoms with Crippen molar-refractivity contribution in [1.29, 1.82) is 0 Å². The predicted octanol–water partition coefficient (Wildman–Crippen LogP) is -0.368. The fourth-order valence-electron chi connectivity index (χ4n) is 1.15. The number of nitrogens with two attached hydrogens (primary N) is 1. The Morgan fingerprint density at radius 1 is 1.56 bits per heavy atom. The van der Waals surface area contributed by atoms with Gasteiger partial charge in [-0.1, -0.05) is 12.2 Å². The second-order valence-corrected chi connectivity index (χ2v) is 3.77. The third-order valence-corrected chi connectivity index (χ3v) is 2.02. The van der Waals surface area contributed by atoms with Gasteiger partial charge in [-0.15, -0.1) is 0 Å². The number of ether oxygens (including phenoxy) is 1. The van der Waals surface area contributed by atoms with Crippen molar-refractivity contribution in [2.45, 2.75) is 19.4 Å². The van der Waals surface area contributed by atoms with Gasteiger partial charge in [0.15, 0.2) is 0 Å². The van der Waals surface area contributed by atoms with Crippen molar-refractivity contribution in [3.63, 3.8) is 0 Å². The van der Waals surface area contributed by atoms with E-state index in [1.165, 1.54) is 0 Å². The van der Waals surface area contributed by atoms with Gasteiger partial charge in [-0.2, -0.15) is 0 Å². The highest BCUT2D eigenvalue weighted by molar-refractivity contribution is 5.76. The molecule has 0 heterocycles. The fraction of sp³-hybridized carbons (Fsp3) is 0.727. The minimum Gasteiger partial charge on any atom is -0.376 e. The summed E-state index contributed by atoms with van der Waals surface area (Å²) >= 11 is 0. The van der Waals surface area contributed by atoms with Gasteiger partial charge in [0.1, 0.15) is 0 Å². The summed E-state index contributed by atoms with van der Waals surface area (Å²) < 4.78 is 5.32. The van der Waals surface area contributed by atoms with E-state index in [2.05, 4.69) is 17.2 Å². The van der Waals surface area contributed by atoms with Gasteiger partial charge in [-0.05, 0) is 6.92 Å². The number of hydrogen-bond donors (Lipinski definition) is 3. The van der Waals surface area contributed by atoms with Crippen LogP contribution in [0.25, 0.3) is 0 Å². The molecule has 4 N–H and O–H groups in total. The Hall–Kier alpha value is -0.910. The molecule has 5 heteroatoms. The molecule has 0 fully saturated rings. The second kappa shape index (κ2) is 9.33. The summed E-state index contributed by atoms with van der Waals surface area (Å²) in [6.07, 6.45) is 0.396. The van der Waals surface area contributed by atoms with Crippen molar-refractivity contribution in [1.82, 2.24) is 10.6 Å². The third-order valence-electron chi connectivity index (χ3n) is 2.02. The normalized spacial score (nSPS) is 12.2. The minimum atomic E-state index is -0.00851. The molecular formula is C11H23N3O2. The van der Waals surface area contributed by atoms with Crippen LogP contribution in [0, 0.1) is 0 Å². The van der Waals surface area contributed by atoms with Gasteiger partial charge in [0.25, 0.3) is 0 Å². The zero-order valence-electron chi connectivity index (χ0n) is 10.2. The van der Waals surface area contributed by atoms with Gasteiger partial charge in [0, 0.05) is 32.6 Å². The van der Waals surface area contributed by atoms with Gasteiger partial charge >= 0.3 is 0 Å². The molecule has 0 aromatic carbocycles. The average molecular weight is 229 g/mol. The molecule has 1 atom stereocenters. The molecule has 1 unspecified atom stereocenters. The molecule has 0 saturated heterocycles. The molecule has 0 aliphatic rings. The maximum atomic E-state index is 11.1. The molecule has 94 valence electrons. The molecular weight excluding hydrogens is 206 g/mol. The Bertz CT molecular complexity index is 219. The number of rotatable bonds is 9. The standard InChI is InChI=1S/C11H23N3O2/c1-9(2)8-16-5-4-14-10(7-12)6-11(15)13-3/h10,14H,1,4-8,12H2,2-3H3,(H,13,15). The second-order valence-electron chi connectivity index (χ2n) is 3.77. The average Bonchev–Trinajstić information content (AvgIpc) is 2.26. The number of carbonyl (C=O) groups excluding carboxylic acids is 1. The van der Waals surface area contributed by atoms with Crippen molar-refractivity contribution < 1.29 is 9.53 Å². The minimum absolute atomic E-state index is 0.00776. The maximum Gasteiger partial charge on any atom is 0.221 e. The van der Waals surface area contributed by atoms with E-state index in [1.54, 1.807) is 7.05 Å². The smallest absolute Gasteiger partial charge is 0.221 e. The van der Waals surface area contributed by atoms with Gasteiger partial charge in [0.05, 0.1) is 13.2 Å². The van der Waals surface area contributed by atoms with E-state index in [4.69, 9.17) is 10.5 Å². The molecule has 1 amide bonds. The Balaban J connectivity index is 3.55. The first-order valence-corrected chi connectivity index (χ1v) is 5.46. The lowest BCUT2D eigenvalue weighted by atomic mass is 10.2. The van der Waals surface area contributed by atoms with Crippen LogP contribution < -0.4 is 16.4 Å². The number of hydrogen-bond acceptors (Lipinski definition) is 4. The van der Waals surface area contributed by atoms with E-state index in [9.17, 15) is 4.79 Å². The van der Waals surface area contributed by atoms with Crippen LogP contribution in [0.2, 0.25) is 0 Å². The lowest BCUT2D eigenvalue weighted by Gasteiger charge is -2.15. The first kappa shape index (κ1) is 15.1. The fourth-order valence-corrected chi connectivity index (χ4v) is 1.15. The molecule has 0 aliphatic heterocycles. The monoisotopic (exact) mass is 229 g/mol. The first-order valence-electron chi connectivity index (χ1n) is 5.46. The zero-order chi connectivity index (χ0) is 12.4. The summed E-state index contributed by atoms with van der Waals surface area (Å²) in [6, 6.07) is 0.00776. The highest BCUT2D eigenvalue weighted by Crippen LogP contribution is 1.90. The molecule has 0 bridgehead atoms. The molecule has 0 spiro atoms. The molecule has 0 saturated carbocycles. The van der Waals surface area contributed by atoms with Crippen molar-refractivity contribution in [2.24, 2.45) is 5.73 Å². The summed E-state index contributed by atoms with van der Waals surface area (Å²) in [6.45, 7) is 7.95. The SMILES string of the molecule is C=C(C)COCCNC(CN)CC(=O)NC. The Kier molecular flexibility index (Phi) is 8.80. The van der Waals surface area contributed by atoms with Crippen LogP contribution in [0.5, 0.6) is 0 Å². The van der Waals surface area contributed by atoms with Crippen LogP contribution in [0.4, 0.5) is 0 Å². The summed E-state index contributed by atoms with van der Waals surface area (Å²) in [5, 5.41) is 5.74. The van der Waals surface area contributed by atoms with Crippen molar-refractivity contribution in [2.75, 3.05) is 33.4 Å². The summed E-state index contributed by atoms with van der Waals surface area (Å²) in [7, 11) is 1.62.